The Balaban J connectivity index is 4.37. The first-order chi connectivity index (χ1) is 6.45. The van der Waals surface area contributed by atoms with Gasteiger partial charge in [-0.2, -0.15) is 0 Å². The molecule has 0 radical (unpaired) electrons. The lowest BCUT2D eigenvalue weighted by atomic mass is 10.2. The van der Waals surface area contributed by atoms with Crippen molar-refractivity contribution in [3.05, 3.63) is 0 Å². The molecule has 0 amide bonds. The Kier molecular flexibility index (Phi) is 5.15. The Labute approximate surface area is 84.0 Å². The predicted molar refractivity (Wildman–Crippen MR) is 50.7 cm³/mol. The molecule has 0 aliphatic heterocycles. The van der Waals surface area contributed by atoms with Gasteiger partial charge in [0.25, 0.3) is 0 Å². The van der Waals surface area contributed by atoms with E-state index < -0.39 is 12.1 Å². The number of carbonyl (C=O) groups is 2. The molecule has 0 saturated carbocycles. The van der Waals surface area contributed by atoms with E-state index in [9.17, 15) is 9.59 Å². The van der Waals surface area contributed by atoms with E-state index in [4.69, 9.17) is 0 Å². The van der Waals surface area contributed by atoms with Crippen LogP contribution in [0.25, 0.3) is 0 Å². The number of likely N-dealkylation sites (N-methyl/N-ethyl adjacent to an activating group) is 1. The summed E-state index contributed by atoms with van der Waals surface area (Å²) in [4.78, 5) is 23.9. The number of hydrogen-bond acceptors (Lipinski definition) is 5. The van der Waals surface area contributed by atoms with Crippen molar-refractivity contribution >= 4 is 11.9 Å². The highest BCUT2D eigenvalue weighted by atomic mass is 16.5. The molecular formula is C9H17NO4. The van der Waals surface area contributed by atoms with Gasteiger partial charge < -0.3 is 9.47 Å². The summed E-state index contributed by atoms with van der Waals surface area (Å²) in [5, 5.41) is 0. The fourth-order valence-corrected chi connectivity index (χ4v) is 1.01. The highest BCUT2D eigenvalue weighted by molar-refractivity contribution is 5.78. The maximum Gasteiger partial charge on any atom is 0.322 e. The molecule has 82 valence electrons. The number of nitrogens with zero attached hydrogens (tertiary/aromatic N) is 1. The Bertz CT molecular complexity index is 195. The normalized spacial score (nSPS) is 14.7. The van der Waals surface area contributed by atoms with E-state index in [0.29, 0.717) is 0 Å². The summed E-state index contributed by atoms with van der Waals surface area (Å²) >= 11 is 0. The maximum atomic E-state index is 11.2. The number of methoxy groups -OCH3 is 2. The SMILES string of the molecule is COC(=O)C(C)N(C)C(C)C(=O)OC. The third-order valence-corrected chi connectivity index (χ3v) is 2.31. The zero-order valence-electron chi connectivity index (χ0n) is 9.23. The molecule has 0 aliphatic rings. The van der Waals surface area contributed by atoms with Gasteiger partial charge in [0.15, 0.2) is 0 Å². The van der Waals surface area contributed by atoms with Gasteiger partial charge in [0, 0.05) is 0 Å². The van der Waals surface area contributed by atoms with Crippen LogP contribution in [-0.4, -0.2) is 50.2 Å². The zero-order chi connectivity index (χ0) is 11.3. The second-order valence-electron chi connectivity index (χ2n) is 3.06. The first-order valence-electron chi connectivity index (χ1n) is 4.33. The number of carbonyl (C=O) groups excluding carboxylic acids is 2. The van der Waals surface area contributed by atoms with Crippen molar-refractivity contribution in [3.63, 3.8) is 0 Å². The van der Waals surface area contributed by atoms with Crippen molar-refractivity contribution in [1.29, 1.82) is 0 Å². The molecule has 0 aromatic heterocycles. The van der Waals surface area contributed by atoms with Crippen molar-refractivity contribution in [2.24, 2.45) is 0 Å². The van der Waals surface area contributed by atoms with Gasteiger partial charge in [0.2, 0.25) is 0 Å². The summed E-state index contributed by atoms with van der Waals surface area (Å²) in [6.07, 6.45) is 0. The monoisotopic (exact) mass is 203 g/mol. The van der Waals surface area contributed by atoms with Crippen LogP contribution in [0.5, 0.6) is 0 Å². The van der Waals surface area contributed by atoms with Gasteiger partial charge in [-0.05, 0) is 20.9 Å². The standard InChI is InChI=1S/C9H17NO4/c1-6(8(11)13-4)10(3)7(2)9(12)14-5/h6-7H,1-5H3. The van der Waals surface area contributed by atoms with Crippen molar-refractivity contribution in [2.75, 3.05) is 21.3 Å². The molecule has 5 nitrogen and oxygen atoms in total. The van der Waals surface area contributed by atoms with Gasteiger partial charge in [-0.3, -0.25) is 14.5 Å². The molecule has 0 aromatic rings. The molecule has 0 aromatic carbocycles. The van der Waals surface area contributed by atoms with E-state index in [0.717, 1.165) is 0 Å². The number of hydrogen-bond donors (Lipinski definition) is 0. The highest BCUT2D eigenvalue weighted by Crippen LogP contribution is 2.05. The van der Waals surface area contributed by atoms with Gasteiger partial charge in [0.1, 0.15) is 12.1 Å². The lowest BCUT2D eigenvalue weighted by molar-refractivity contribution is -0.152. The van der Waals surface area contributed by atoms with Crippen LogP contribution >= 0.6 is 0 Å². The number of ether oxygens (including phenoxy) is 2. The second kappa shape index (κ2) is 5.59. The fourth-order valence-electron chi connectivity index (χ4n) is 1.01. The van der Waals surface area contributed by atoms with E-state index in [-0.39, 0.29) is 11.9 Å². The van der Waals surface area contributed by atoms with E-state index in [2.05, 4.69) is 9.47 Å². The van der Waals surface area contributed by atoms with Crippen LogP contribution in [0.4, 0.5) is 0 Å². The molecule has 0 bridgehead atoms. The summed E-state index contributed by atoms with van der Waals surface area (Å²) in [7, 11) is 4.30. The molecule has 0 N–H and O–H groups in total. The van der Waals surface area contributed by atoms with Crippen LogP contribution in [0, 0.1) is 0 Å². The van der Waals surface area contributed by atoms with Gasteiger partial charge in [-0.1, -0.05) is 0 Å². The molecule has 0 saturated heterocycles. The lowest BCUT2D eigenvalue weighted by Crippen LogP contribution is -2.46. The predicted octanol–water partition coefficient (Wildman–Crippen LogP) is 0.0412. The number of rotatable bonds is 4. The van der Waals surface area contributed by atoms with Crippen molar-refractivity contribution in [2.45, 2.75) is 25.9 Å². The van der Waals surface area contributed by atoms with Crippen molar-refractivity contribution < 1.29 is 19.1 Å². The molecular weight excluding hydrogens is 186 g/mol. The quantitative estimate of drug-likeness (QED) is 0.604. The minimum atomic E-state index is -0.464. The smallest absolute Gasteiger partial charge is 0.322 e. The third-order valence-electron chi connectivity index (χ3n) is 2.31. The van der Waals surface area contributed by atoms with Gasteiger partial charge in [-0.15, -0.1) is 0 Å². The zero-order valence-corrected chi connectivity index (χ0v) is 9.23. The van der Waals surface area contributed by atoms with Crippen LogP contribution in [0.15, 0.2) is 0 Å². The first kappa shape index (κ1) is 12.9. The average Bonchev–Trinajstić information content (AvgIpc) is 2.23. The second-order valence-corrected chi connectivity index (χ2v) is 3.06. The lowest BCUT2D eigenvalue weighted by Gasteiger charge is -2.26. The van der Waals surface area contributed by atoms with E-state index in [1.807, 2.05) is 0 Å². The van der Waals surface area contributed by atoms with Crippen molar-refractivity contribution in [1.82, 2.24) is 4.90 Å². The fraction of sp³-hybridized carbons (Fsp3) is 0.778. The van der Waals surface area contributed by atoms with Crippen LogP contribution < -0.4 is 0 Å². The van der Waals surface area contributed by atoms with Gasteiger partial charge in [-0.25, -0.2) is 0 Å². The molecule has 5 heteroatoms. The molecule has 2 unspecified atom stereocenters. The summed E-state index contributed by atoms with van der Waals surface area (Å²) in [5.74, 6) is -0.744. The minimum Gasteiger partial charge on any atom is -0.468 e. The van der Waals surface area contributed by atoms with Crippen LogP contribution in [-0.2, 0) is 19.1 Å². The summed E-state index contributed by atoms with van der Waals surface area (Å²) in [5.41, 5.74) is 0. The Hall–Kier alpha value is -1.10. The molecule has 2 atom stereocenters. The molecule has 0 spiro atoms. The van der Waals surface area contributed by atoms with E-state index >= 15 is 0 Å². The van der Waals surface area contributed by atoms with Gasteiger partial charge >= 0.3 is 11.9 Å². The van der Waals surface area contributed by atoms with Crippen LogP contribution in [0.3, 0.4) is 0 Å². The van der Waals surface area contributed by atoms with Crippen LogP contribution in [0.2, 0.25) is 0 Å². The summed E-state index contributed by atoms with van der Waals surface area (Å²) < 4.78 is 9.13. The number of esters is 2. The molecule has 0 heterocycles. The van der Waals surface area contributed by atoms with Crippen LogP contribution in [0.1, 0.15) is 13.8 Å². The topological polar surface area (TPSA) is 55.8 Å². The molecule has 0 aliphatic carbocycles. The minimum absolute atomic E-state index is 0.372. The van der Waals surface area contributed by atoms with Crippen molar-refractivity contribution in [3.8, 4) is 0 Å². The van der Waals surface area contributed by atoms with E-state index in [1.54, 1.807) is 25.8 Å². The molecule has 0 rings (SSSR count). The summed E-state index contributed by atoms with van der Waals surface area (Å²) in [6.45, 7) is 3.34. The first-order valence-corrected chi connectivity index (χ1v) is 4.33. The maximum absolute atomic E-state index is 11.2. The Morgan fingerprint density at radius 2 is 1.29 bits per heavy atom. The third kappa shape index (κ3) is 2.99. The van der Waals surface area contributed by atoms with Gasteiger partial charge in [0.05, 0.1) is 14.2 Å². The molecule has 0 fully saturated rings. The Morgan fingerprint density at radius 1 is 1.00 bits per heavy atom. The average molecular weight is 203 g/mol. The highest BCUT2D eigenvalue weighted by Gasteiger charge is 2.27. The largest absolute Gasteiger partial charge is 0.468 e. The molecule has 14 heavy (non-hydrogen) atoms. The Morgan fingerprint density at radius 3 is 1.50 bits per heavy atom. The summed E-state index contributed by atoms with van der Waals surface area (Å²) in [6, 6.07) is -0.928. The van der Waals surface area contributed by atoms with E-state index in [1.165, 1.54) is 14.2 Å².